The molecule has 0 unspecified atom stereocenters. The second-order valence-electron chi connectivity index (χ2n) is 4.70. The lowest BCUT2D eigenvalue weighted by molar-refractivity contribution is 0.0996. The number of ketones is 1. The summed E-state index contributed by atoms with van der Waals surface area (Å²) >= 11 is 7.52. The van der Waals surface area contributed by atoms with E-state index < -0.39 is 0 Å². The van der Waals surface area contributed by atoms with E-state index >= 15 is 0 Å². The lowest BCUT2D eigenvalue weighted by atomic mass is 10.1. The number of thiophene rings is 1. The SMILES string of the molecule is COc1ccc(Cl)cc1CC(=O)c1cc2ccccc2s1. The highest BCUT2D eigenvalue weighted by Gasteiger charge is 2.14. The Morgan fingerprint density at radius 1 is 1.19 bits per heavy atom. The number of hydrogen-bond donors (Lipinski definition) is 0. The molecule has 0 aliphatic heterocycles. The van der Waals surface area contributed by atoms with E-state index in [2.05, 4.69) is 0 Å². The van der Waals surface area contributed by atoms with Crippen molar-refractivity contribution in [1.82, 2.24) is 0 Å². The molecule has 0 radical (unpaired) electrons. The van der Waals surface area contributed by atoms with Crippen LogP contribution in [0.3, 0.4) is 0 Å². The van der Waals surface area contributed by atoms with Crippen LogP contribution in [0.5, 0.6) is 5.75 Å². The van der Waals surface area contributed by atoms with Crippen LogP contribution in [-0.2, 0) is 6.42 Å². The standard InChI is InChI=1S/C17H13ClO2S/c1-20-15-7-6-13(18)8-12(15)9-14(19)17-10-11-4-2-3-5-16(11)21-17/h2-8,10H,9H2,1H3. The van der Waals surface area contributed by atoms with Crippen LogP contribution in [0.25, 0.3) is 10.1 Å². The zero-order valence-corrected chi connectivity index (χ0v) is 13.0. The van der Waals surface area contributed by atoms with Crippen molar-refractivity contribution in [3.05, 3.63) is 64.0 Å². The number of carbonyl (C=O) groups is 1. The summed E-state index contributed by atoms with van der Waals surface area (Å²) in [6, 6.07) is 15.3. The predicted molar refractivity (Wildman–Crippen MR) is 87.9 cm³/mol. The Kier molecular flexibility index (Phi) is 3.95. The maximum absolute atomic E-state index is 12.5. The van der Waals surface area contributed by atoms with Crippen LogP contribution in [0.2, 0.25) is 5.02 Å². The fourth-order valence-corrected chi connectivity index (χ4v) is 3.46. The van der Waals surface area contributed by atoms with Crippen molar-refractivity contribution in [2.75, 3.05) is 7.11 Å². The zero-order valence-electron chi connectivity index (χ0n) is 11.4. The van der Waals surface area contributed by atoms with E-state index in [9.17, 15) is 4.79 Å². The molecule has 106 valence electrons. The Balaban J connectivity index is 1.91. The molecule has 0 aliphatic rings. The molecule has 0 saturated carbocycles. The molecular weight excluding hydrogens is 304 g/mol. The van der Waals surface area contributed by atoms with Crippen LogP contribution >= 0.6 is 22.9 Å². The van der Waals surface area contributed by atoms with Crippen LogP contribution in [0.4, 0.5) is 0 Å². The van der Waals surface area contributed by atoms with E-state index in [1.54, 1.807) is 25.3 Å². The minimum absolute atomic E-state index is 0.0803. The fraction of sp³-hybridized carbons (Fsp3) is 0.118. The number of hydrogen-bond acceptors (Lipinski definition) is 3. The van der Waals surface area contributed by atoms with Crippen LogP contribution in [0.1, 0.15) is 15.2 Å². The summed E-state index contributed by atoms with van der Waals surface area (Å²) in [6.45, 7) is 0. The molecule has 0 N–H and O–H groups in total. The van der Waals surface area contributed by atoms with E-state index in [0.29, 0.717) is 10.8 Å². The molecule has 0 aliphatic carbocycles. The molecule has 1 heterocycles. The highest BCUT2D eigenvalue weighted by Crippen LogP contribution is 2.28. The van der Waals surface area contributed by atoms with E-state index in [0.717, 1.165) is 20.5 Å². The Labute approximate surface area is 131 Å². The van der Waals surface area contributed by atoms with Crippen molar-refractivity contribution in [3.8, 4) is 5.75 Å². The van der Waals surface area contributed by atoms with Crippen molar-refractivity contribution in [2.24, 2.45) is 0 Å². The third-order valence-electron chi connectivity index (χ3n) is 3.29. The van der Waals surface area contributed by atoms with Crippen molar-refractivity contribution in [1.29, 1.82) is 0 Å². The first-order valence-electron chi connectivity index (χ1n) is 6.51. The number of methoxy groups -OCH3 is 1. The van der Waals surface area contributed by atoms with Gasteiger partial charge in [0.2, 0.25) is 0 Å². The van der Waals surface area contributed by atoms with Gasteiger partial charge in [0, 0.05) is 21.7 Å². The molecule has 3 rings (SSSR count). The van der Waals surface area contributed by atoms with Gasteiger partial charge in [-0.25, -0.2) is 0 Å². The molecular formula is C17H13ClO2S. The maximum atomic E-state index is 12.5. The molecule has 4 heteroatoms. The van der Waals surface area contributed by atoms with Gasteiger partial charge < -0.3 is 4.74 Å². The lowest BCUT2D eigenvalue weighted by Gasteiger charge is -2.07. The summed E-state index contributed by atoms with van der Waals surface area (Å²) in [6.07, 6.45) is 0.288. The third kappa shape index (κ3) is 2.94. The van der Waals surface area contributed by atoms with Gasteiger partial charge in [0.1, 0.15) is 5.75 Å². The van der Waals surface area contributed by atoms with Gasteiger partial charge in [-0.05, 0) is 35.7 Å². The number of halogens is 1. The lowest BCUT2D eigenvalue weighted by Crippen LogP contribution is -2.03. The van der Waals surface area contributed by atoms with Crippen LogP contribution in [-0.4, -0.2) is 12.9 Å². The van der Waals surface area contributed by atoms with Crippen LogP contribution < -0.4 is 4.74 Å². The summed E-state index contributed by atoms with van der Waals surface area (Å²) in [5.74, 6) is 0.769. The minimum atomic E-state index is 0.0803. The molecule has 0 spiro atoms. The Hall–Kier alpha value is -1.84. The number of carbonyl (C=O) groups excluding carboxylic acids is 1. The monoisotopic (exact) mass is 316 g/mol. The Bertz CT molecular complexity index is 774. The van der Waals surface area contributed by atoms with Crippen molar-refractivity contribution >= 4 is 38.8 Å². The summed E-state index contributed by atoms with van der Waals surface area (Å²) in [7, 11) is 1.59. The molecule has 0 saturated heterocycles. The molecule has 21 heavy (non-hydrogen) atoms. The third-order valence-corrected chi connectivity index (χ3v) is 4.69. The molecule has 1 aromatic heterocycles. The molecule has 2 aromatic carbocycles. The van der Waals surface area contributed by atoms with Gasteiger partial charge in [-0.2, -0.15) is 0 Å². The van der Waals surface area contributed by atoms with Gasteiger partial charge in [0.25, 0.3) is 0 Å². The first-order chi connectivity index (χ1) is 10.2. The second-order valence-corrected chi connectivity index (χ2v) is 6.22. The number of rotatable bonds is 4. The zero-order chi connectivity index (χ0) is 14.8. The Morgan fingerprint density at radius 3 is 2.76 bits per heavy atom. The van der Waals surface area contributed by atoms with Gasteiger partial charge in [-0.3, -0.25) is 4.79 Å². The van der Waals surface area contributed by atoms with E-state index in [4.69, 9.17) is 16.3 Å². The maximum Gasteiger partial charge on any atom is 0.177 e. The van der Waals surface area contributed by atoms with Crippen LogP contribution in [0.15, 0.2) is 48.5 Å². The molecule has 0 bridgehead atoms. The van der Waals surface area contributed by atoms with Gasteiger partial charge in [0.05, 0.1) is 12.0 Å². The van der Waals surface area contributed by atoms with Crippen molar-refractivity contribution in [2.45, 2.75) is 6.42 Å². The second kappa shape index (κ2) is 5.88. The molecule has 0 amide bonds. The number of ether oxygens (including phenoxy) is 1. The number of Topliss-reactive ketones (excluding diaryl/α,β-unsaturated/α-hetero) is 1. The summed E-state index contributed by atoms with van der Waals surface area (Å²) < 4.78 is 6.41. The van der Waals surface area contributed by atoms with Crippen molar-refractivity contribution < 1.29 is 9.53 Å². The van der Waals surface area contributed by atoms with Crippen molar-refractivity contribution in [3.63, 3.8) is 0 Å². The highest BCUT2D eigenvalue weighted by molar-refractivity contribution is 7.20. The summed E-state index contributed by atoms with van der Waals surface area (Å²) in [4.78, 5) is 13.2. The van der Waals surface area contributed by atoms with Gasteiger partial charge in [-0.15, -0.1) is 11.3 Å². The molecule has 0 atom stereocenters. The van der Waals surface area contributed by atoms with E-state index in [1.165, 1.54) is 11.3 Å². The largest absolute Gasteiger partial charge is 0.496 e. The van der Waals surface area contributed by atoms with Gasteiger partial charge in [-0.1, -0.05) is 29.8 Å². The fourth-order valence-electron chi connectivity index (χ4n) is 2.26. The summed E-state index contributed by atoms with van der Waals surface area (Å²) in [5.41, 5.74) is 0.812. The average molecular weight is 317 g/mol. The first kappa shape index (κ1) is 14.1. The average Bonchev–Trinajstić information content (AvgIpc) is 2.91. The summed E-state index contributed by atoms with van der Waals surface area (Å²) in [5, 5.41) is 1.71. The minimum Gasteiger partial charge on any atom is -0.496 e. The van der Waals surface area contributed by atoms with Crippen LogP contribution in [0, 0.1) is 0 Å². The van der Waals surface area contributed by atoms with E-state index in [1.807, 2.05) is 30.3 Å². The predicted octanol–water partition coefficient (Wildman–Crippen LogP) is 4.99. The quantitative estimate of drug-likeness (QED) is 0.634. The highest BCUT2D eigenvalue weighted by atomic mass is 35.5. The normalized spacial score (nSPS) is 10.8. The topological polar surface area (TPSA) is 26.3 Å². The van der Waals surface area contributed by atoms with E-state index in [-0.39, 0.29) is 12.2 Å². The molecule has 0 fully saturated rings. The van der Waals surface area contributed by atoms with Gasteiger partial charge in [0.15, 0.2) is 5.78 Å². The smallest absolute Gasteiger partial charge is 0.177 e. The number of fused-ring (bicyclic) bond motifs is 1. The Morgan fingerprint density at radius 2 is 2.00 bits per heavy atom. The molecule has 2 nitrogen and oxygen atoms in total. The number of benzene rings is 2. The van der Waals surface area contributed by atoms with Gasteiger partial charge >= 0.3 is 0 Å². The first-order valence-corrected chi connectivity index (χ1v) is 7.71. The molecule has 3 aromatic rings.